The summed E-state index contributed by atoms with van der Waals surface area (Å²) in [6.45, 7) is 7.43. The molecule has 1 aromatic heterocycles. The molecule has 1 heterocycles. The SMILES string of the molecule is CCc1cccc(C(C)(C)NCC(O)C(Cc2cc(F)cc(F)c2)NC(=O)c2nc(NS(C)(=O)=O)oc2C)c1. The van der Waals surface area contributed by atoms with Crippen molar-refractivity contribution >= 4 is 21.9 Å². The first kappa shape index (κ1) is 30.2. The van der Waals surface area contributed by atoms with E-state index in [9.17, 15) is 27.1 Å². The molecular formula is C27H34F2N4O5S. The van der Waals surface area contributed by atoms with Crippen LogP contribution in [0.1, 0.15) is 53.7 Å². The van der Waals surface area contributed by atoms with Crippen molar-refractivity contribution in [2.75, 3.05) is 17.5 Å². The van der Waals surface area contributed by atoms with Crippen molar-refractivity contribution in [3.63, 3.8) is 0 Å². The minimum Gasteiger partial charge on any atom is -0.428 e. The van der Waals surface area contributed by atoms with E-state index in [1.54, 1.807) is 0 Å². The molecule has 1 amide bonds. The topological polar surface area (TPSA) is 134 Å². The van der Waals surface area contributed by atoms with E-state index in [0.717, 1.165) is 42.0 Å². The van der Waals surface area contributed by atoms with Crippen LogP contribution in [0.25, 0.3) is 0 Å². The summed E-state index contributed by atoms with van der Waals surface area (Å²) in [7, 11) is -3.70. The smallest absolute Gasteiger partial charge is 0.309 e. The van der Waals surface area contributed by atoms with Gasteiger partial charge in [-0.05, 0) is 62.4 Å². The molecule has 0 saturated heterocycles. The molecule has 4 N–H and O–H groups in total. The minimum atomic E-state index is -3.70. The monoisotopic (exact) mass is 564 g/mol. The van der Waals surface area contributed by atoms with Gasteiger partial charge in [0, 0.05) is 18.2 Å². The van der Waals surface area contributed by atoms with Gasteiger partial charge in [0.25, 0.3) is 5.91 Å². The maximum absolute atomic E-state index is 13.9. The molecule has 9 nitrogen and oxygen atoms in total. The molecule has 0 saturated carbocycles. The Balaban J connectivity index is 1.82. The molecule has 0 spiro atoms. The van der Waals surface area contributed by atoms with Crippen molar-refractivity contribution in [1.82, 2.24) is 15.6 Å². The third-order valence-electron chi connectivity index (χ3n) is 6.25. The van der Waals surface area contributed by atoms with Crippen LogP contribution in [0.15, 0.2) is 46.9 Å². The van der Waals surface area contributed by atoms with Crippen molar-refractivity contribution in [1.29, 1.82) is 0 Å². The number of sulfonamides is 1. The predicted octanol–water partition coefficient (Wildman–Crippen LogP) is 3.42. The first-order valence-corrected chi connectivity index (χ1v) is 14.3. The second-order valence-electron chi connectivity index (χ2n) is 9.99. The molecule has 3 rings (SSSR count). The summed E-state index contributed by atoms with van der Waals surface area (Å²) in [5, 5.41) is 17.1. The number of hydrogen-bond donors (Lipinski definition) is 4. The fraction of sp³-hybridized carbons (Fsp3) is 0.407. The maximum Gasteiger partial charge on any atom is 0.309 e. The number of hydrogen-bond acceptors (Lipinski definition) is 7. The normalized spacial score (nSPS) is 13.6. The molecule has 3 aromatic rings. The zero-order valence-corrected chi connectivity index (χ0v) is 23.3. The van der Waals surface area contributed by atoms with E-state index < -0.39 is 45.2 Å². The van der Waals surface area contributed by atoms with E-state index in [4.69, 9.17) is 4.42 Å². The van der Waals surface area contributed by atoms with Gasteiger partial charge in [-0.25, -0.2) is 21.9 Å². The van der Waals surface area contributed by atoms with Gasteiger partial charge in [0.15, 0.2) is 5.69 Å². The number of halogens is 2. The summed E-state index contributed by atoms with van der Waals surface area (Å²) < 4.78 is 58.0. The number of aliphatic hydroxyl groups is 1. The molecule has 39 heavy (non-hydrogen) atoms. The average molecular weight is 565 g/mol. The Bertz CT molecular complexity index is 1410. The van der Waals surface area contributed by atoms with Gasteiger partial charge in [-0.2, -0.15) is 4.98 Å². The lowest BCUT2D eigenvalue weighted by Gasteiger charge is -2.31. The summed E-state index contributed by atoms with van der Waals surface area (Å²) in [5.41, 5.74) is 1.65. The van der Waals surface area contributed by atoms with Crippen molar-refractivity contribution in [3.8, 4) is 0 Å². The van der Waals surface area contributed by atoms with Crippen LogP contribution in [-0.4, -0.2) is 49.4 Å². The Kier molecular flexibility index (Phi) is 9.47. The van der Waals surface area contributed by atoms with E-state index in [1.165, 1.54) is 6.92 Å². The van der Waals surface area contributed by atoms with Crippen LogP contribution in [0.4, 0.5) is 14.8 Å². The highest BCUT2D eigenvalue weighted by Gasteiger charge is 2.28. The highest BCUT2D eigenvalue weighted by molar-refractivity contribution is 7.91. The highest BCUT2D eigenvalue weighted by Crippen LogP contribution is 2.22. The van der Waals surface area contributed by atoms with Gasteiger partial charge in [-0.1, -0.05) is 31.2 Å². The molecule has 0 aliphatic carbocycles. The van der Waals surface area contributed by atoms with Crippen LogP contribution in [0, 0.1) is 18.6 Å². The zero-order valence-electron chi connectivity index (χ0n) is 22.5. The lowest BCUT2D eigenvalue weighted by Crippen LogP contribution is -2.51. The van der Waals surface area contributed by atoms with Gasteiger partial charge in [-0.3, -0.25) is 4.79 Å². The highest BCUT2D eigenvalue weighted by atomic mass is 32.2. The van der Waals surface area contributed by atoms with Crippen LogP contribution in [0.5, 0.6) is 0 Å². The van der Waals surface area contributed by atoms with Gasteiger partial charge in [0.1, 0.15) is 17.4 Å². The predicted molar refractivity (Wildman–Crippen MR) is 144 cm³/mol. The largest absolute Gasteiger partial charge is 0.428 e. The number of oxazole rings is 1. The summed E-state index contributed by atoms with van der Waals surface area (Å²) in [6.07, 6.45) is 0.493. The van der Waals surface area contributed by atoms with Crippen molar-refractivity contribution in [2.45, 2.75) is 58.2 Å². The van der Waals surface area contributed by atoms with Crippen LogP contribution in [-0.2, 0) is 28.4 Å². The number of nitrogens with zero attached hydrogens (tertiary/aromatic N) is 1. The molecule has 2 atom stereocenters. The molecule has 2 unspecified atom stereocenters. The van der Waals surface area contributed by atoms with Gasteiger partial charge in [-0.15, -0.1) is 0 Å². The van der Waals surface area contributed by atoms with Gasteiger partial charge in [0.05, 0.1) is 18.4 Å². The quantitative estimate of drug-likeness (QED) is 0.265. The molecule has 0 radical (unpaired) electrons. The number of benzene rings is 2. The van der Waals surface area contributed by atoms with E-state index in [1.807, 2.05) is 32.0 Å². The fourth-order valence-electron chi connectivity index (χ4n) is 4.10. The minimum absolute atomic E-state index is 0.0325. The molecule has 2 aromatic carbocycles. The number of rotatable bonds is 12. The number of anilines is 1. The molecule has 212 valence electrons. The Hall–Kier alpha value is -3.35. The molecule has 0 bridgehead atoms. The number of carbonyl (C=O) groups excluding carboxylic acids is 1. The summed E-state index contributed by atoms with van der Waals surface area (Å²) >= 11 is 0. The third-order valence-corrected chi connectivity index (χ3v) is 6.80. The zero-order chi connectivity index (χ0) is 29.0. The van der Waals surface area contributed by atoms with E-state index >= 15 is 0 Å². The molecule has 0 aliphatic rings. The molecule has 0 aliphatic heterocycles. The first-order chi connectivity index (χ1) is 18.2. The van der Waals surface area contributed by atoms with Gasteiger partial charge < -0.3 is 20.2 Å². The number of carbonyl (C=O) groups is 1. The fourth-order valence-corrected chi connectivity index (χ4v) is 4.50. The van der Waals surface area contributed by atoms with Crippen molar-refractivity contribution in [3.05, 3.63) is 82.2 Å². The average Bonchev–Trinajstić information content (AvgIpc) is 3.19. The second-order valence-corrected chi connectivity index (χ2v) is 11.7. The van der Waals surface area contributed by atoms with Crippen molar-refractivity contribution in [2.24, 2.45) is 0 Å². The van der Waals surface area contributed by atoms with Crippen LogP contribution in [0.2, 0.25) is 0 Å². The van der Waals surface area contributed by atoms with E-state index in [-0.39, 0.29) is 36.0 Å². The lowest BCUT2D eigenvalue weighted by molar-refractivity contribution is 0.0808. The number of aliphatic hydroxyl groups excluding tert-OH is 1. The van der Waals surface area contributed by atoms with Gasteiger partial charge >= 0.3 is 6.01 Å². The number of nitrogens with one attached hydrogen (secondary N) is 3. The molecule has 12 heteroatoms. The van der Waals surface area contributed by atoms with E-state index in [0.29, 0.717) is 0 Å². The Labute approximate surface area is 227 Å². The number of aryl methyl sites for hydroxylation is 2. The Morgan fingerprint density at radius 3 is 2.41 bits per heavy atom. The lowest BCUT2D eigenvalue weighted by atomic mass is 9.91. The third kappa shape index (κ3) is 8.57. The van der Waals surface area contributed by atoms with Crippen LogP contribution in [0.3, 0.4) is 0 Å². The summed E-state index contributed by atoms with van der Waals surface area (Å²) in [6, 6.07) is 9.64. The van der Waals surface area contributed by atoms with Crippen molar-refractivity contribution < 1.29 is 31.5 Å². The van der Waals surface area contributed by atoms with E-state index in [2.05, 4.69) is 33.3 Å². The Morgan fingerprint density at radius 2 is 1.79 bits per heavy atom. The summed E-state index contributed by atoms with van der Waals surface area (Å²) in [5.74, 6) is -2.29. The van der Waals surface area contributed by atoms with Crippen LogP contribution < -0.4 is 15.4 Å². The maximum atomic E-state index is 13.9. The number of amides is 1. The Morgan fingerprint density at radius 1 is 1.13 bits per heavy atom. The second kappa shape index (κ2) is 12.2. The number of aromatic nitrogens is 1. The standard InChI is InChI=1S/C27H34F2N4O5S/c1-6-17-8-7-9-19(10-17)27(3,4)30-15-23(34)22(13-18-11-20(28)14-21(29)12-18)31-25(35)24-16(2)38-26(32-24)33-39(5,36)37/h7-12,14,22-23,30,34H,6,13,15H2,1-5H3,(H,31,35)(H,32,33). The molecule has 0 fully saturated rings. The summed E-state index contributed by atoms with van der Waals surface area (Å²) in [4.78, 5) is 17.0. The first-order valence-electron chi connectivity index (χ1n) is 12.4. The van der Waals surface area contributed by atoms with Crippen LogP contribution >= 0.6 is 0 Å². The van der Waals surface area contributed by atoms with Gasteiger partial charge in [0.2, 0.25) is 10.0 Å². The molecular weight excluding hydrogens is 530 g/mol.